The Morgan fingerprint density at radius 1 is 0.962 bits per heavy atom. The van der Waals surface area contributed by atoms with Crippen molar-refractivity contribution in [1.82, 2.24) is 10.2 Å². The molecule has 0 aliphatic carbocycles. The van der Waals surface area contributed by atoms with Gasteiger partial charge in [-0.15, -0.1) is 11.8 Å². The first-order valence-corrected chi connectivity index (χ1v) is 9.74. The summed E-state index contributed by atoms with van der Waals surface area (Å²) in [4.78, 5) is 27.1. The second-order valence-corrected chi connectivity index (χ2v) is 6.77. The van der Waals surface area contributed by atoms with Gasteiger partial charge in [-0.3, -0.25) is 4.79 Å². The number of hydrogen-bond acceptors (Lipinski definition) is 3. The maximum absolute atomic E-state index is 12.3. The molecule has 0 spiro atoms. The Hall–Kier alpha value is -2.47. The lowest BCUT2D eigenvalue weighted by molar-refractivity contribution is 0.0773. The van der Waals surface area contributed by atoms with E-state index in [9.17, 15) is 9.59 Å². The van der Waals surface area contributed by atoms with E-state index in [2.05, 4.69) is 10.6 Å². The molecule has 0 heterocycles. The zero-order valence-corrected chi connectivity index (χ0v) is 16.0. The fourth-order valence-electron chi connectivity index (χ4n) is 2.41. The van der Waals surface area contributed by atoms with Gasteiger partial charge in [0, 0.05) is 41.5 Å². The van der Waals surface area contributed by atoms with Crippen molar-refractivity contribution in [2.75, 3.05) is 30.7 Å². The van der Waals surface area contributed by atoms with Crippen molar-refractivity contribution >= 4 is 29.4 Å². The van der Waals surface area contributed by atoms with E-state index < -0.39 is 0 Å². The molecule has 2 N–H and O–H groups in total. The smallest absolute Gasteiger partial charge is 0.319 e. The van der Waals surface area contributed by atoms with Crippen molar-refractivity contribution in [1.29, 1.82) is 0 Å². The van der Waals surface area contributed by atoms with Crippen LogP contribution in [0.15, 0.2) is 59.5 Å². The first-order valence-electron chi connectivity index (χ1n) is 8.76. The van der Waals surface area contributed by atoms with Crippen molar-refractivity contribution in [3.05, 3.63) is 60.2 Å². The molecule has 0 fully saturated rings. The first-order chi connectivity index (χ1) is 12.6. The molecule has 0 saturated carbocycles. The average Bonchev–Trinajstić information content (AvgIpc) is 2.67. The Balaban J connectivity index is 1.75. The summed E-state index contributed by atoms with van der Waals surface area (Å²) < 4.78 is 0. The number of anilines is 1. The Morgan fingerprint density at radius 2 is 1.62 bits per heavy atom. The van der Waals surface area contributed by atoms with E-state index in [0.29, 0.717) is 30.9 Å². The lowest BCUT2D eigenvalue weighted by Gasteiger charge is -2.18. The van der Waals surface area contributed by atoms with Gasteiger partial charge in [-0.1, -0.05) is 18.2 Å². The molecule has 0 bridgehead atoms. The minimum atomic E-state index is -0.249. The lowest BCUT2D eigenvalue weighted by Crippen LogP contribution is -2.31. The number of urea groups is 1. The van der Waals surface area contributed by atoms with Crippen molar-refractivity contribution < 1.29 is 9.59 Å². The molecule has 2 rings (SSSR count). The molecule has 2 aromatic carbocycles. The van der Waals surface area contributed by atoms with Gasteiger partial charge in [0.15, 0.2) is 0 Å². The number of amides is 3. The maximum atomic E-state index is 12.3. The molecule has 6 heteroatoms. The molecule has 5 nitrogen and oxygen atoms in total. The van der Waals surface area contributed by atoms with Gasteiger partial charge in [-0.2, -0.15) is 0 Å². The van der Waals surface area contributed by atoms with Gasteiger partial charge in [0.05, 0.1) is 0 Å². The van der Waals surface area contributed by atoms with Crippen molar-refractivity contribution in [2.24, 2.45) is 0 Å². The van der Waals surface area contributed by atoms with E-state index in [0.717, 1.165) is 5.75 Å². The number of nitrogens with one attached hydrogen (secondary N) is 2. The van der Waals surface area contributed by atoms with Crippen LogP contribution in [0.2, 0.25) is 0 Å². The van der Waals surface area contributed by atoms with Crippen LogP contribution >= 0.6 is 11.8 Å². The molecule has 26 heavy (non-hydrogen) atoms. The number of nitrogens with zero attached hydrogens (tertiary/aromatic N) is 1. The number of benzene rings is 2. The van der Waals surface area contributed by atoms with Crippen molar-refractivity contribution in [2.45, 2.75) is 18.7 Å². The normalized spacial score (nSPS) is 10.2. The summed E-state index contributed by atoms with van der Waals surface area (Å²) in [6.07, 6.45) is 0. The van der Waals surface area contributed by atoms with E-state index in [-0.39, 0.29) is 11.9 Å². The Morgan fingerprint density at radius 3 is 2.23 bits per heavy atom. The minimum Gasteiger partial charge on any atom is -0.339 e. The van der Waals surface area contributed by atoms with Crippen LogP contribution in [-0.2, 0) is 0 Å². The fraction of sp³-hybridized carbons (Fsp3) is 0.300. The summed E-state index contributed by atoms with van der Waals surface area (Å²) in [6.45, 7) is 5.84. The number of carbonyl (C=O) groups excluding carboxylic acids is 2. The second-order valence-electron chi connectivity index (χ2n) is 5.60. The molecule has 3 amide bonds. The molecular formula is C20H25N3O2S. The molecule has 138 valence electrons. The highest BCUT2D eigenvalue weighted by molar-refractivity contribution is 7.99. The lowest BCUT2D eigenvalue weighted by atomic mass is 10.2. The molecule has 2 aromatic rings. The Labute approximate surface area is 159 Å². The van der Waals surface area contributed by atoms with E-state index in [4.69, 9.17) is 0 Å². The molecule has 0 aliphatic heterocycles. The third kappa shape index (κ3) is 6.11. The summed E-state index contributed by atoms with van der Waals surface area (Å²) in [6, 6.07) is 16.8. The van der Waals surface area contributed by atoms with E-state index in [1.165, 1.54) is 4.90 Å². The van der Waals surface area contributed by atoms with Gasteiger partial charge in [-0.05, 0) is 50.2 Å². The van der Waals surface area contributed by atoms with E-state index >= 15 is 0 Å². The molecule has 0 saturated heterocycles. The zero-order chi connectivity index (χ0) is 18.8. The second kappa shape index (κ2) is 10.5. The van der Waals surface area contributed by atoms with Gasteiger partial charge >= 0.3 is 6.03 Å². The third-order valence-electron chi connectivity index (χ3n) is 3.84. The third-order valence-corrected chi connectivity index (χ3v) is 4.85. The first kappa shape index (κ1) is 19.8. The highest BCUT2D eigenvalue weighted by atomic mass is 32.2. The average molecular weight is 372 g/mol. The highest BCUT2D eigenvalue weighted by Gasteiger charge is 2.12. The van der Waals surface area contributed by atoms with Gasteiger partial charge < -0.3 is 15.5 Å². The maximum Gasteiger partial charge on any atom is 0.319 e. The predicted molar refractivity (Wildman–Crippen MR) is 108 cm³/mol. The summed E-state index contributed by atoms with van der Waals surface area (Å²) in [5.41, 5.74) is 1.29. The summed E-state index contributed by atoms with van der Waals surface area (Å²) in [7, 11) is 0. The number of hydrogen-bond donors (Lipinski definition) is 2. The predicted octanol–water partition coefficient (Wildman–Crippen LogP) is 4.08. The van der Waals surface area contributed by atoms with Gasteiger partial charge in [0.25, 0.3) is 5.91 Å². The largest absolute Gasteiger partial charge is 0.339 e. The highest BCUT2D eigenvalue weighted by Crippen LogP contribution is 2.16. The van der Waals surface area contributed by atoms with Crippen LogP contribution in [0.4, 0.5) is 10.5 Å². The molecule has 0 radical (unpaired) electrons. The molecule has 0 atom stereocenters. The number of rotatable bonds is 8. The molecule has 0 aliphatic rings. The topological polar surface area (TPSA) is 61.4 Å². The SMILES string of the molecule is CCN(CC)C(=O)c1ccc(NC(=O)NCCSc2ccccc2)cc1. The van der Waals surface area contributed by atoms with Crippen LogP contribution in [-0.4, -0.2) is 42.2 Å². The summed E-state index contributed by atoms with van der Waals surface area (Å²) in [5, 5.41) is 5.61. The van der Waals surface area contributed by atoms with E-state index in [1.54, 1.807) is 40.9 Å². The standard InChI is InChI=1S/C20H25N3O2S/c1-3-23(4-2)19(24)16-10-12-17(13-11-16)22-20(25)21-14-15-26-18-8-6-5-7-9-18/h5-13H,3-4,14-15H2,1-2H3,(H2,21,22,25). The van der Waals surface area contributed by atoms with Gasteiger partial charge in [0.2, 0.25) is 0 Å². The van der Waals surface area contributed by atoms with Crippen LogP contribution in [0, 0.1) is 0 Å². The minimum absolute atomic E-state index is 0.00365. The Bertz CT molecular complexity index is 701. The molecule has 0 aromatic heterocycles. The number of carbonyl (C=O) groups is 2. The van der Waals surface area contributed by atoms with Crippen LogP contribution in [0.25, 0.3) is 0 Å². The Kier molecular flexibility index (Phi) is 8.02. The van der Waals surface area contributed by atoms with Gasteiger partial charge in [0.1, 0.15) is 0 Å². The quantitative estimate of drug-likeness (QED) is 0.543. The molecule has 0 unspecified atom stereocenters. The zero-order valence-electron chi connectivity index (χ0n) is 15.2. The summed E-state index contributed by atoms with van der Waals surface area (Å²) >= 11 is 1.70. The van der Waals surface area contributed by atoms with E-state index in [1.807, 2.05) is 44.2 Å². The molecular weight excluding hydrogens is 346 g/mol. The van der Waals surface area contributed by atoms with Crippen LogP contribution in [0.5, 0.6) is 0 Å². The van der Waals surface area contributed by atoms with Crippen molar-refractivity contribution in [3.63, 3.8) is 0 Å². The monoisotopic (exact) mass is 371 g/mol. The van der Waals surface area contributed by atoms with Crippen LogP contribution < -0.4 is 10.6 Å². The number of thioether (sulfide) groups is 1. The summed E-state index contributed by atoms with van der Waals surface area (Å²) in [5.74, 6) is 0.804. The van der Waals surface area contributed by atoms with Gasteiger partial charge in [-0.25, -0.2) is 4.79 Å². The van der Waals surface area contributed by atoms with Crippen LogP contribution in [0.3, 0.4) is 0 Å². The van der Waals surface area contributed by atoms with Crippen molar-refractivity contribution in [3.8, 4) is 0 Å². The fourth-order valence-corrected chi connectivity index (χ4v) is 3.20. The van der Waals surface area contributed by atoms with Crippen LogP contribution in [0.1, 0.15) is 24.2 Å².